The summed E-state index contributed by atoms with van der Waals surface area (Å²) < 4.78 is 1.93. The highest BCUT2D eigenvalue weighted by Crippen LogP contribution is 2.18. The quantitative estimate of drug-likeness (QED) is 0.756. The van der Waals surface area contributed by atoms with Crippen LogP contribution in [-0.2, 0) is 7.05 Å². The van der Waals surface area contributed by atoms with Crippen LogP contribution in [0.3, 0.4) is 0 Å². The lowest BCUT2D eigenvalue weighted by molar-refractivity contribution is 0.0535. The van der Waals surface area contributed by atoms with Crippen molar-refractivity contribution in [2.24, 2.45) is 7.05 Å². The average molecular weight is 365 g/mol. The number of benzene rings is 1. The van der Waals surface area contributed by atoms with Gasteiger partial charge in [0.15, 0.2) is 0 Å². The van der Waals surface area contributed by atoms with Crippen LogP contribution in [0.15, 0.2) is 30.6 Å². The molecular weight excluding hydrogens is 342 g/mol. The van der Waals surface area contributed by atoms with Gasteiger partial charge in [-0.3, -0.25) is 9.59 Å². The number of amides is 2. The van der Waals surface area contributed by atoms with Crippen LogP contribution in [0.2, 0.25) is 0 Å². The molecule has 2 amide bonds. The van der Waals surface area contributed by atoms with Gasteiger partial charge in [0.25, 0.3) is 11.8 Å². The normalized spacial score (nSPS) is 14.8. The minimum absolute atomic E-state index is 0.0108. The van der Waals surface area contributed by atoms with E-state index in [1.807, 2.05) is 59.5 Å². The molecule has 0 spiro atoms. The predicted octanol–water partition coefficient (Wildman–Crippen LogP) is 2.12. The van der Waals surface area contributed by atoms with Crippen molar-refractivity contribution in [2.45, 2.75) is 13.8 Å². The molecule has 7 heteroatoms. The fourth-order valence-electron chi connectivity index (χ4n) is 3.68. The Labute approximate surface area is 157 Å². The molecule has 1 aromatic carbocycles. The van der Waals surface area contributed by atoms with E-state index in [2.05, 4.69) is 9.97 Å². The zero-order valence-electron chi connectivity index (χ0n) is 15.8. The van der Waals surface area contributed by atoms with E-state index in [-0.39, 0.29) is 11.8 Å². The number of rotatable bonds is 2. The lowest BCUT2D eigenvalue weighted by atomic mass is 10.1. The lowest BCUT2D eigenvalue weighted by Gasteiger charge is -2.34. The number of carbonyl (C=O) groups is 2. The third-order valence-corrected chi connectivity index (χ3v) is 5.21. The summed E-state index contributed by atoms with van der Waals surface area (Å²) in [5, 5.41) is 0. The Bertz CT molecular complexity index is 1020. The summed E-state index contributed by atoms with van der Waals surface area (Å²) in [6.07, 6.45) is 1.74. The minimum Gasteiger partial charge on any atom is -0.362 e. The summed E-state index contributed by atoms with van der Waals surface area (Å²) in [5.41, 5.74) is 5.04. The van der Waals surface area contributed by atoms with E-state index in [1.54, 1.807) is 6.33 Å². The van der Waals surface area contributed by atoms with Crippen molar-refractivity contribution in [3.8, 4) is 0 Å². The van der Waals surface area contributed by atoms with Gasteiger partial charge >= 0.3 is 0 Å². The van der Waals surface area contributed by atoms with Gasteiger partial charge in [0.2, 0.25) is 0 Å². The maximum Gasteiger partial charge on any atom is 0.255 e. The van der Waals surface area contributed by atoms with E-state index >= 15 is 0 Å². The molecule has 1 N–H and O–H groups in total. The molecule has 1 aliphatic heterocycles. The number of aromatic nitrogens is 3. The van der Waals surface area contributed by atoms with Crippen LogP contribution in [0, 0.1) is 13.8 Å². The zero-order chi connectivity index (χ0) is 19.1. The predicted molar refractivity (Wildman–Crippen MR) is 103 cm³/mol. The Morgan fingerprint density at radius 2 is 1.67 bits per heavy atom. The molecule has 27 heavy (non-hydrogen) atoms. The molecule has 0 unspecified atom stereocenters. The number of nitrogens with one attached hydrogen (secondary N) is 1. The summed E-state index contributed by atoms with van der Waals surface area (Å²) in [5.74, 6) is 0.0159. The van der Waals surface area contributed by atoms with Gasteiger partial charge in [-0.15, -0.1) is 0 Å². The Hall–Kier alpha value is -3.09. The van der Waals surface area contributed by atoms with Crippen molar-refractivity contribution >= 4 is 22.8 Å². The van der Waals surface area contributed by atoms with Crippen LogP contribution in [0.4, 0.5) is 0 Å². The van der Waals surface area contributed by atoms with Crippen molar-refractivity contribution in [3.05, 3.63) is 53.1 Å². The summed E-state index contributed by atoms with van der Waals surface area (Å²) in [6.45, 7) is 6.01. The molecular formula is C20H23N5O2. The van der Waals surface area contributed by atoms with Crippen molar-refractivity contribution in [1.29, 1.82) is 0 Å². The maximum absolute atomic E-state index is 12.8. The summed E-state index contributed by atoms with van der Waals surface area (Å²) in [4.78, 5) is 36.7. The molecule has 0 radical (unpaired) electrons. The topological polar surface area (TPSA) is 74.2 Å². The summed E-state index contributed by atoms with van der Waals surface area (Å²) >= 11 is 0. The fourth-order valence-corrected chi connectivity index (χ4v) is 3.68. The highest BCUT2D eigenvalue weighted by molar-refractivity contribution is 5.98. The van der Waals surface area contributed by atoms with Crippen LogP contribution in [0.25, 0.3) is 11.0 Å². The summed E-state index contributed by atoms with van der Waals surface area (Å²) in [7, 11) is 1.93. The SMILES string of the molecule is Cc1cc(C(=O)N2CCN(C(=O)c3ccc4c(c3)ncn4C)CC2)c(C)[nH]1. The molecule has 0 aliphatic carbocycles. The molecule has 0 atom stereocenters. The standard InChI is InChI=1S/C20H23N5O2/c1-13-10-16(14(2)22-13)20(27)25-8-6-24(7-9-25)19(26)15-4-5-18-17(11-15)21-12-23(18)3/h4-5,10-12,22H,6-9H2,1-3H3. The number of imidazole rings is 1. The number of piperazine rings is 1. The van der Waals surface area contributed by atoms with E-state index in [0.29, 0.717) is 37.3 Å². The lowest BCUT2D eigenvalue weighted by Crippen LogP contribution is -2.50. The van der Waals surface area contributed by atoms with E-state index < -0.39 is 0 Å². The number of fused-ring (bicyclic) bond motifs is 1. The molecule has 1 saturated heterocycles. The molecule has 140 valence electrons. The van der Waals surface area contributed by atoms with Gasteiger partial charge in [0, 0.05) is 50.2 Å². The van der Waals surface area contributed by atoms with E-state index in [0.717, 1.165) is 22.4 Å². The van der Waals surface area contributed by atoms with Crippen LogP contribution in [0.1, 0.15) is 32.1 Å². The van der Waals surface area contributed by atoms with Gasteiger partial charge in [0.1, 0.15) is 0 Å². The number of aromatic amines is 1. The van der Waals surface area contributed by atoms with Gasteiger partial charge in [0.05, 0.1) is 22.9 Å². The van der Waals surface area contributed by atoms with Crippen molar-refractivity contribution < 1.29 is 9.59 Å². The van der Waals surface area contributed by atoms with Gasteiger partial charge in [-0.1, -0.05) is 0 Å². The molecule has 1 aliphatic rings. The highest BCUT2D eigenvalue weighted by Gasteiger charge is 2.27. The van der Waals surface area contributed by atoms with Gasteiger partial charge < -0.3 is 19.4 Å². The smallest absolute Gasteiger partial charge is 0.255 e. The van der Waals surface area contributed by atoms with Gasteiger partial charge in [-0.05, 0) is 38.1 Å². The van der Waals surface area contributed by atoms with Crippen LogP contribution < -0.4 is 0 Å². The molecule has 1 fully saturated rings. The first-order valence-corrected chi connectivity index (χ1v) is 9.10. The van der Waals surface area contributed by atoms with E-state index in [9.17, 15) is 9.59 Å². The maximum atomic E-state index is 12.8. The number of hydrogen-bond acceptors (Lipinski definition) is 3. The third kappa shape index (κ3) is 3.09. The number of hydrogen-bond donors (Lipinski definition) is 1. The molecule has 2 aromatic heterocycles. The average Bonchev–Trinajstić information content (AvgIpc) is 3.22. The first-order chi connectivity index (χ1) is 12.9. The largest absolute Gasteiger partial charge is 0.362 e. The fraction of sp³-hybridized carbons (Fsp3) is 0.350. The number of carbonyl (C=O) groups excluding carboxylic acids is 2. The first-order valence-electron chi connectivity index (χ1n) is 9.10. The molecule has 7 nitrogen and oxygen atoms in total. The molecule has 3 aromatic rings. The monoisotopic (exact) mass is 365 g/mol. The Morgan fingerprint density at radius 3 is 2.30 bits per heavy atom. The van der Waals surface area contributed by atoms with Gasteiger partial charge in [-0.2, -0.15) is 0 Å². The van der Waals surface area contributed by atoms with Gasteiger partial charge in [-0.25, -0.2) is 4.98 Å². The van der Waals surface area contributed by atoms with Crippen LogP contribution in [-0.4, -0.2) is 62.3 Å². The number of aryl methyl sites for hydroxylation is 3. The molecule has 4 rings (SSSR count). The van der Waals surface area contributed by atoms with E-state index in [1.165, 1.54) is 0 Å². The van der Waals surface area contributed by atoms with Crippen molar-refractivity contribution in [2.75, 3.05) is 26.2 Å². The highest BCUT2D eigenvalue weighted by atomic mass is 16.2. The summed E-state index contributed by atoms with van der Waals surface area (Å²) in [6, 6.07) is 7.49. The third-order valence-electron chi connectivity index (χ3n) is 5.21. The molecule has 3 heterocycles. The van der Waals surface area contributed by atoms with Crippen LogP contribution in [0.5, 0.6) is 0 Å². The van der Waals surface area contributed by atoms with Crippen molar-refractivity contribution in [1.82, 2.24) is 24.3 Å². The second kappa shape index (κ2) is 6.57. The number of nitrogens with zero attached hydrogens (tertiary/aromatic N) is 4. The molecule has 0 bridgehead atoms. The second-order valence-corrected chi connectivity index (χ2v) is 7.13. The van der Waals surface area contributed by atoms with Crippen LogP contribution >= 0.6 is 0 Å². The Balaban J connectivity index is 1.44. The Kier molecular flexibility index (Phi) is 4.22. The zero-order valence-corrected chi connectivity index (χ0v) is 15.8. The first kappa shape index (κ1) is 17.3. The van der Waals surface area contributed by atoms with Crippen molar-refractivity contribution in [3.63, 3.8) is 0 Å². The Morgan fingerprint density at radius 1 is 1.00 bits per heavy atom. The number of H-pyrrole nitrogens is 1. The minimum atomic E-state index is -0.0108. The molecule has 0 saturated carbocycles. The van der Waals surface area contributed by atoms with E-state index in [4.69, 9.17) is 0 Å². The second-order valence-electron chi connectivity index (χ2n) is 7.13.